The highest BCUT2D eigenvalue weighted by Crippen LogP contribution is 2.16. The molecule has 0 aromatic heterocycles. The number of carbonyl (C=O) groups excluding carboxylic acids is 1. The molecule has 0 amide bonds. The Hall–Kier alpha value is -0.650. The maximum Gasteiger partial charge on any atom is 0.0806 e. The van der Waals surface area contributed by atoms with Gasteiger partial charge in [-0.3, -0.25) is 0 Å². The Morgan fingerprint density at radius 1 is 1.35 bits per heavy atom. The van der Waals surface area contributed by atoms with Crippen molar-refractivity contribution < 1.29 is 24.2 Å². The number of carboxylic acid groups (broad SMARTS) is 1. The zero-order chi connectivity index (χ0) is 15.4. The van der Waals surface area contributed by atoms with Crippen molar-refractivity contribution in [1.29, 1.82) is 0 Å². The highest BCUT2D eigenvalue weighted by Gasteiger charge is 2.23. The van der Waals surface area contributed by atoms with Crippen molar-refractivity contribution in [3.8, 4) is 0 Å². The number of ether oxygens (including phenoxy) is 1. The molecule has 1 aliphatic rings. The molecule has 120 valence electrons. The van der Waals surface area contributed by atoms with Gasteiger partial charge in [-0.2, -0.15) is 0 Å². The van der Waals surface area contributed by atoms with E-state index in [0.29, 0.717) is 0 Å². The summed E-state index contributed by atoms with van der Waals surface area (Å²) in [6.45, 7) is 7.87. The van der Waals surface area contributed by atoms with Crippen LogP contribution in [0.4, 0.5) is 0 Å². The van der Waals surface area contributed by atoms with Crippen LogP contribution in [0.5, 0.6) is 0 Å². The number of piperidine rings is 1. The number of carbonyl (C=O) groups is 1. The van der Waals surface area contributed by atoms with Gasteiger partial charge < -0.3 is 24.2 Å². The van der Waals surface area contributed by atoms with Crippen molar-refractivity contribution in [2.75, 3.05) is 39.9 Å². The fourth-order valence-electron chi connectivity index (χ4n) is 2.50. The molecule has 5 nitrogen and oxygen atoms in total. The van der Waals surface area contributed by atoms with E-state index in [1.54, 1.807) is 0 Å². The van der Waals surface area contributed by atoms with Crippen LogP contribution in [0, 0.1) is 0 Å². The summed E-state index contributed by atoms with van der Waals surface area (Å²) in [5.41, 5.74) is 0. The number of hydrogen-bond donors (Lipinski definition) is 1. The summed E-state index contributed by atoms with van der Waals surface area (Å²) in [4.78, 5) is 8.89. The zero-order valence-corrected chi connectivity index (χ0v) is 13.3. The summed E-state index contributed by atoms with van der Waals surface area (Å²) >= 11 is 0. The first kappa shape index (κ1) is 19.4. The van der Waals surface area contributed by atoms with E-state index in [1.165, 1.54) is 43.4 Å². The van der Waals surface area contributed by atoms with Crippen LogP contribution in [-0.4, -0.2) is 61.6 Å². The molecule has 0 spiro atoms. The number of aliphatic hydroxyl groups is 1. The SMILES string of the molecule is CC(=O)[O-].CCC(CO)OCCC[N+]1(C)CCCCC1. The second-order valence-electron chi connectivity index (χ2n) is 5.78. The molecule has 1 fully saturated rings. The number of aliphatic carboxylic acids is 1. The van der Waals surface area contributed by atoms with Crippen LogP contribution in [0.3, 0.4) is 0 Å². The Morgan fingerprint density at radius 2 is 1.90 bits per heavy atom. The zero-order valence-electron chi connectivity index (χ0n) is 13.3. The standard InChI is InChI=1S/C13H28NO2.C2H4O2/c1-3-13(12-15)16-11-7-10-14(2)8-5-4-6-9-14;1-2(3)4/h13,15H,3-12H2,1-2H3;1H3,(H,3,4)/q+1;/p-1. The molecule has 0 aromatic rings. The number of rotatable bonds is 7. The molecule has 1 aliphatic heterocycles. The molecule has 1 N–H and O–H groups in total. The molecule has 1 heterocycles. The van der Waals surface area contributed by atoms with Crippen LogP contribution in [0.15, 0.2) is 0 Å². The number of likely N-dealkylation sites (tertiary alicyclic amines) is 1. The predicted octanol–water partition coefficient (Wildman–Crippen LogP) is 0.551. The van der Waals surface area contributed by atoms with Gasteiger partial charge in [0.25, 0.3) is 0 Å². The summed E-state index contributed by atoms with van der Waals surface area (Å²) in [5, 5.41) is 17.9. The molecule has 1 rings (SSSR count). The lowest BCUT2D eigenvalue weighted by molar-refractivity contribution is -0.914. The Bertz CT molecular complexity index is 244. The normalized spacial score (nSPS) is 18.8. The first-order valence-electron chi connectivity index (χ1n) is 7.67. The van der Waals surface area contributed by atoms with Gasteiger partial charge in [0.15, 0.2) is 0 Å². The fourth-order valence-corrected chi connectivity index (χ4v) is 2.50. The molecule has 1 unspecified atom stereocenters. The van der Waals surface area contributed by atoms with Gasteiger partial charge in [0.2, 0.25) is 0 Å². The molecule has 0 aliphatic carbocycles. The third-order valence-corrected chi connectivity index (χ3v) is 3.75. The average molecular weight is 289 g/mol. The summed E-state index contributed by atoms with van der Waals surface area (Å²) < 4.78 is 6.84. The van der Waals surface area contributed by atoms with Crippen LogP contribution in [-0.2, 0) is 9.53 Å². The smallest absolute Gasteiger partial charge is 0.0806 e. The first-order valence-corrected chi connectivity index (χ1v) is 7.67. The van der Waals surface area contributed by atoms with Crippen molar-refractivity contribution >= 4 is 5.97 Å². The second kappa shape index (κ2) is 11.1. The van der Waals surface area contributed by atoms with Crippen LogP contribution >= 0.6 is 0 Å². The predicted molar refractivity (Wildman–Crippen MR) is 77.1 cm³/mol. The average Bonchev–Trinajstić information content (AvgIpc) is 2.39. The van der Waals surface area contributed by atoms with Crippen LogP contribution in [0.2, 0.25) is 0 Å². The van der Waals surface area contributed by atoms with Gasteiger partial charge in [0.1, 0.15) is 0 Å². The van der Waals surface area contributed by atoms with E-state index in [0.717, 1.165) is 26.4 Å². The summed E-state index contributed by atoms with van der Waals surface area (Å²) in [6, 6.07) is 0. The van der Waals surface area contributed by atoms with Crippen molar-refractivity contribution in [2.24, 2.45) is 0 Å². The molecule has 1 saturated heterocycles. The molecule has 0 radical (unpaired) electrons. The maximum absolute atomic E-state index is 9.00. The number of quaternary nitrogens is 1. The lowest BCUT2D eigenvalue weighted by atomic mass is 10.1. The maximum atomic E-state index is 9.00. The molecule has 0 bridgehead atoms. The highest BCUT2D eigenvalue weighted by atomic mass is 16.5. The Kier molecular flexibility index (Phi) is 10.7. The van der Waals surface area contributed by atoms with Gasteiger partial charge in [-0.15, -0.1) is 0 Å². The molecule has 0 aromatic carbocycles. The van der Waals surface area contributed by atoms with Gasteiger partial charge in [-0.25, -0.2) is 0 Å². The van der Waals surface area contributed by atoms with Crippen molar-refractivity contribution in [3.63, 3.8) is 0 Å². The molecule has 0 saturated carbocycles. The Labute approximate surface area is 123 Å². The van der Waals surface area contributed by atoms with E-state index in [4.69, 9.17) is 19.7 Å². The van der Waals surface area contributed by atoms with Gasteiger partial charge in [0.05, 0.1) is 46.0 Å². The van der Waals surface area contributed by atoms with Crippen LogP contribution in [0.1, 0.15) is 46.0 Å². The van der Waals surface area contributed by atoms with E-state index in [2.05, 4.69) is 14.0 Å². The topological polar surface area (TPSA) is 69.6 Å². The Morgan fingerprint density at radius 3 is 2.35 bits per heavy atom. The van der Waals surface area contributed by atoms with E-state index >= 15 is 0 Å². The highest BCUT2D eigenvalue weighted by molar-refractivity contribution is 5.60. The Balaban J connectivity index is 0.000000796. The summed E-state index contributed by atoms with van der Waals surface area (Å²) in [7, 11) is 2.36. The van der Waals surface area contributed by atoms with Crippen LogP contribution < -0.4 is 5.11 Å². The minimum atomic E-state index is -1.08. The van der Waals surface area contributed by atoms with E-state index in [1.807, 2.05) is 0 Å². The third-order valence-electron chi connectivity index (χ3n) is 3.75. The lowest BCUT2D eigenvalue weighted by Crippen LogP contribution is -2.48. The second-order valence-corrected chi connectivity index (χ2v) is 5.78. The van der Waals surface area contributed by atoms with Gasteiger partial charge >= 0.3 is 0 Å². The number of carboxylic acids is 1. The summed E-state index contributed by atoms with van der Waals surface area (Å²) in [6.07, 6.45) is 6.24. The minimum absolute atomic E-state index is 0.0478. The largest absolute Gasteiger partial charge is 0.550 e. The molecule has 5 heteroatoms. The van der Waals surface area contributed by atoms with Crippen molar-refractivity contribution in [3.05, 3.63) is 0 Å². The van der Waals surface area contributed by atoms with Gasteiger partial charge in [-0.05, 0) is 32.6 Å². The number of aliphatic hydroxyl groups excluding tert-OH is 1. The minimum Gasteiger partial charge on any atom is -0.550 e. The number of nitrogens with zero attached hydrogens (tertiary/aromatic N) is 1. The first-order chi connectivity index (χ1) is 9.43. The summed E-state index contributed by atoms with van der Waals surface area (Å²) in [5.74, 6) is -1.08. The van der Waals surface area contributed by atoms with E-state index in [-0.39, 0.29) is 12.7 Å². The molecule has 1 atom stereocenters. The molecular weight excluding hydrogens is 258 g/mol. The van der Waals surface area contributed by atoms with Crippen LogP contribution in [0.25, 0.3) is 0 Å². The third kappa shape index (κ3) is 10.2. The molecular formula is C15H31NO4. The quantitative estimate of drug-likeness (QED) is 0.549. The number of hydrogen-bond acceptors (Lipinski definition) is 4. The lowest BCUT2D eigenvalue weighted by Gasteiger charge is -2.37. The van der Waals surface area contributed by atoms with E-state index < -0.39 is 5.97 Å². The van der Waals surface area contributed by atoms with Crippen molar-refractivity contribution in [2.45, 2.75) is 52.1 Å². The van der Waals surface area contributed by atoms with Gasteiger partial charge in [-0.1, -0.05) is 6.92 Å². The van der Waals surface area contributed by atoms with Gasteiger partial charge in [0, 0.05) is 12.4 Å². The van der Waals surface area contributed by atoms with E-state index in [9.17, 15) is 0 Å². The molecule has 20 heavy (non-hydrogen) atoms. The fraction of sp³-hybridized carbons (Fsp3) is 0.933. The van der Waals surface area contributed by atoms with Crippen molar-refractivity contribution in [1.82, 2.24) is 0 Å². The monoisotopic (exact) mass is 289 g/mol.